The maximum atomic E-state index is 11.5. The Labute approximate surface area is 171 Å². The number of anilines is 1. The van der Waals surface area contributed by atoms with Crippen LogP contribution in [0.5, 0.6) is 0 Å². The van der Waals surface area contributed by atoms with Gasteiger partial charge in [-0.1, -0.05) is 12.1 Å². The smallest absolute Gasteiger partial charge is 0.317 e. The lowest BCUT2D eigenvalue weighted by Gasteiger charge is -2.31. The molecule has 8 heteroatoms. The van der Waals surface area contributed by atoms with Crippen molar-refractivity contribution >= 4 is 29.6 Å². The van der Waals surface area contributed by atoms with Gasteiger partial charge in [-0.05, 0) is 49.9 Å². The number of carboxylic acid groups (broad SMARTS) is 1. The molecule has 0 spiro atoms. The predicted octanol–water partition coefficient (Wildman–Crippen LogP) is 1.70. The molecule has 29 heavy (non-hydrogen) atoms. The molecule has 1 aliphatic rings. The first kappa shape index (κ1) is 22.5. The Balaban J connectivity index is 2.10. The zero-order valence-electron chi connectivity index (χ0n) is 17.0. The third kappa shape index (κ3) is 6.12. The van der Waals surface area contributed by atoms with Crippen molar-refractivity contribution in [3.63, 3.8) is 0 Å². The van der Waals surface area contributed by atoms with Gasteiger partial charge in [0.1, 0.15) is 6.29 Å². The molecule has 4 N–H and O–H groups in total. The van der Waals surface area contributed by atoms with E-state index < -0.39 is 11.9 Å². The van der Waals surface area contributed by atoms with Gasteiger partial charge >= 0.3 is 5.97 Å². The Kier molecular flexibility index (Phi) is 8.33. The van der Waals surface area contributed by atoms with E-state index in [4.69, 9.17) is 10.5 Å². The van der Waals surface area contributed by atoms with Crippen molar-refractivity contribution in [1.82, 2.24) is 10.2 Å². The Bertz CT molecular complexity index is 757. The molecule has 0 saturated carbocycles. The van der Waals surface area contributed by atoms with Gasteiger partial charge in [0.2, 0.25) is 5.91 Å². The van der Waals surface area contributed by atoms with Crippen molar-refractivity contribution in [2.45, 2.75) is 31.6 Å². The van der Waals surface area contributed by atoms with Crippen LogP contribution in [-0.4, -0.2) is 67.6 Å². The number of benzene rings is 1. The highest BCUT2D eigenvalue weighted by atomic mass is 16.4. The van der Waals surface area contributed by atoms with E-state index in [1.54, 1.807) is 14.1 Å². The number of hydrogen-bond acceptors (Lipinski definition) is 6. The van der Waals surface area contributed by atoms with Gasteiger partial charge in [-0.3, -0.25) is 14.5 Å². The molecule has 8 nitrogen and oxygen atoms in total. The second kappa shape index (κ2) is 10.7. The van der Waals surface area contributed by atoms with Crippen LogP contribution in [0.1, 0.15) is 42.7 Å². The molecule has 1 saturated heterocycles. The number of carbonyl (C=O) groups excluding carboxylic acids is 2. The molecule has 1 heterocycles. The maximum absolute atomic E-state index is 11.5. The third-order valence-corrected chi connectivity index (χ3v) is 5.52. The summed E-state index contributed by atoms with van der Waals surface area (Å²) in [6.45, 7) is 1.57. The first-order valence-corrected chi connectivity index (χ1v) is 9.90. The number of aliphatic carboxylic acids is 1. The molecule has 0 aliphatic carbocycles. The molecule has 1 fully saturated rings. The van der Waals surface area contributed by atoms with Gasteiger partial charge in [0, 0.05) is 31.8 Å². The highest BCUT2D eigenvalue weighted by Crippen LogP contribution is 2.31. The first-order chi connectivity index (χ1) is 13.9. The molecule has 2 rings (SSSR count). The van der Waals surface area contributed by atoms with Crippen molar-refractivity contribution in [3.05, 3.63) is 29.3 Å². The number of likely N-dealkylation sites (tertiary alicyclic amines) is 1. The molecule has 0 aromatic heterocycles. The molecular formula is C21H30N4O4. The van der Waals surface area contributed by atoms with Crippen molar-refractivity contribution in [1.29, 1.82) is 5.41 Å². The summed E-state index contributed by atoms with van der Waals surface area (Å²) in [6, 6.07) is 5.87. The van der Waals surface area contributed by atoms with Crippen molar-refractivity contribution in [3.8, 4) is 0 Å². The Hall–Kier alpha value is -2.74. The SMILES string of the molecule is CNC(=O)CCC(C=O)C(=N)c1ccc(C2CCN(CC(=O)O)CC2)cc1NC. The number of nitrogens with zero attached hydrogens (tertiary/aromatic N) is 1. The van der Waals surface area contributed by atoms with E-state index >= 15 is 0 Å². The Morgan fingerprint density at radius 1 is 1.31 bits per heavy atom. The largest absolute Gasteiger partial charge is 0.480 e. The van der Waals surface area contributed by atoms with Gasteiger partial charge in [-0.15, -0.1) is 0 Å². The minimum atomic E-state index is -0.801. The molecule has 1 unspecified atom stereocenters. The summed E-state index contributed by atoms with van der Waals surface area (Å²) in [5, 5.41) is 23.1. The maximum Gasteiger partial charge on any atom is 0.317 e. The summed E-state index contributed by atoms with van der Waals surface area (Å²) in [6.07, 6.45) is 3.00. The van der Waals surface area contributed by atoms with Crippen LogP contribution in [0.15, 0.2) is 18.2 Å². The van der Waals surface area contributed by atoms with E-state index in [9.17, 15) is 14.4 Å². The molecule has 158 valence electrons. The number of carboxylic acids is 1. The van der Waals surface area contributed by atoms with Crippen LogP contribution in [0.4, 0.5) is 5.69 Å². The van der Waals surface area contributed by atoms with Crippen molar-refractivity contribution in [2.75, 3.05) is 39.0 Å². The van der Waals surface area contributed by atoms with Gasteiger partial charge in [-0.2, -0.15) is 0 Å². The average molecular weight is 402 g/mol. The molecule has 1 atom stereocenters. The quantitative estimate of drug-likeness (QED) is 0.349. The predicted molar refractivity (Wildman–Crippen MR) is 112 cm³/mol. The summed E-state index contributed by atoms with van der Waals surface area (Å²) in [4.78, 5) is 35.8. The second-order valence-electron chi connectivity index (χ2n) is 7.37. The van der Waals surface area contributed by atoms with Crippen LogP contribution in [-0.2, 0) is 14.4 Å². The zero-order valence-corrected chi connectivity index (χ0v) is 17.0. The minimum Gasteiger partial charge on any atom is -0.480 e. The van der Waals surface area contributed by atoms with Gasteiger partial charge in [-0.25, -0.2) is 0 Å². The monoisotopic (exact) mass is 402 g/mol. The fourth-order valence-electron chi connectivity index (χ4n) is 3.76. The number of amides is 1. The van der Waals surface area contributed by atoms with E-state index in [0.717, 1.165) is 43.5 Å². The van der Waals surface area contributed by atoms with Crippen LogP contribution in [0.2, 0.25) is 0 Å². The molecule has 1 aliphatic heterocycles. The van der Waals surface area contributed by atoms with E-state index in [1.807, 2.05) is 23.1 Å². The van der Waals surface area contributed by atoms with E-state index in [-0.39, 0.29) is 24.6 Å². The lowest BCUT2D eigenvalue weighted by molar-refractivity contribution is -0.138. The minimum absolute atomic E-state index is 0.0771. The lowest BCUT2D eigenvalue weighted by atomic mass is 9.86. The van der Waals surface area contributed by atoms with E-state index in [1.165, 1.54) is 0 Å². The second-order valence-corrected chi connectivity index (χ2v) is 7.37. The Morgan fingerprint density at radius 2 is 2.00 bits per heavy atom. The van der Waals surface area contributed by atoms with Gasteiger partial charge in [0.15, 0.2) is 0 Å². The summed E-state index contributed by atoms with van der Waals surface area (Å²) in [5.41, 5.74) is 2.80. The molecule has 0 radical (unpaired) electrons. The average Bonchev–Trinajstić information content (AvgIpc) is 2.73. The summed E-state index contributed by atoms with van der Waals surface area (Å²) >= 11 is 0. The zero-order chi connectivity index (χ0) is 21.4. The van der Waals surface area contributed by atoms with Crippen LogP contribution < -0.4 is 10.6 Å². The normalized spacial score (nSPS) is 16.1. The first-order valence-electron chi connectivity index (χ1n) is 9.90. The topological polar surface area (TPSA) is 123 Å². The van der Waals surface area contributed by atoms with Gasteiger partial charge in [0.05, 0.1) is 18.2 Å². The molecular weight excluding hydrogens is 372 g/mol. The number of piperidine rings is 1. The van der Waals surface area contributed by atoms with Crippen molar-refractivity contribution < 1.29 is 19.5 Å². The standard InChI is InChI=1S/C21H30N4O4/c1-23-18-11-15(14-7-9-25(10-8-14)12-20(28)29)3-5-17(18)21(22)16(13-26)4-6-19(27)24-2/h3,5,11,13-14,16,22-23H,4,6-10,12H2,1-2H3,(H,24,27)(H,28,29). The fourth-order valence-corrected chi connectivity index (χ4v) is 3.76. The third-order valence-electron chi connectivity index (χ3n) is 5.52. The molecule has 1 aromatic rings. The summed E-state index contributed by atoms with van der Waals surface area (Å²) in [7, 11) is 3.33. The highest BCUT2D eigenvalue weighted by molar-refractivity contribution is 6.10. The van der Waals surface area contributed by atoms with Crippen molar-refractivity contribution in [2.24, 2.45) is 5.92 Å². The number of nitrogens with one attached hydrogen (secondary N) is 3. The lowest BCUT2D eigenvalue weighted by Crippen LogP contribution is -2.36. The van der Waals surface area contributed by atoms with E-state index in [0.29, 0.717) is 17.9 Å². The summed E-state index contributed by atoms with van der Waals surface area (Å²) in [5.74, 6) is -1.25. The number of aldehydes is 1. The Morgan fingerprint density at radius 3 is 2.55 bits per heavy atom. The van der Waals surface area contributed by atoms with Gasteiger partial charge < -0.3 is 25.9 Å². The molecule has 1 amide bonds. The molecule has 1 aromatic carbocycles. The number of carbonyl (C=O) groups is 3. The highest BCUT2D eigenvalue weighted by Gasteiger charge is 2.24. The van der Waals surface area contributed by atoms with Crippen LogP contribution in [0.25, 0.3) is 0 Å². The van der Waals surface area contributed by atoms with Crippen LogP contribution >= 0.6 is 0 Å². The number of rotatable bonds is 10. The van der Waals surface area contributed by atoms with E-state index in [2.05, 4.69) is 10.6 Å². The number of hydrogen-bond donors (Lipinski definition) is 4. The fraction of sp³-hybridized carbons (Fsp3) is 0.524. The van der Waals surface area contributed by atoms with Crippen LogP contribution in [0.3, 0.4) is 0 Å². The van der Waals surface area contributed by atoms with Gasteiger partial charge in [0.25, 0.3) is 0 Å². The molecule has 0 bridgehead atoms. The van der Waals surface area contributed by atoms with Crippen LogP contribution in [0, 0.1) is 11.3 Å². The summed E-state index contributed by atoms with van der Waals surface area (Å²) < 4.78 is 0.